The third kappa shape index (κ3) is 5.43. The predicted molar refractivity (Wildman–Crippen MR) is 134 cm³/mol. The number of pyridine rings is 1. The number of fused-ring (bicyclic) bond motifs is 1. The monoisotopic (exact) mass is 479 g/mol. The van der Waals surface area contributed by atoms with E-state index in [1.807, 2.05) is 32.2 Å². The van der Waals surface area contributed by atoms with Gasteiger partial charge in [0, 0.05) is 23.3 Å². The van der Waals surface area contributed by atoms with Gasteiger partial charge < -0.3 is 25.7 Å². The first-order chi connectivity index (χ1) is 16.5. The quantitative estimate of drug-likeness (QED) is 0.359. The van der Waals surface area contributed by atoms with Crippen molar-refractivity contribution in [3.05, 3.63) is 35.7 Å². The minimum absolute atomic E-state index is 0.135. The average molecular weight is 480 g/mol. The lowest BCUT2D eigenvalue weighted by atomic mass is 9.91. The fourth-order valence-electron chi connectivity index (χ4n) is 4.24. The van der Waals surface area contributed by atoms with E-state index in [1.165, 1.54) is 11.8 Å². The fourth-order valence-corrected chi connectivity index (χ4v) is 4.92. The Kier molecular flexibility index (Phi) is 7.55. The molecule has 10 heteroatoms. The molecule has 1 aliphatic rings. The van der Waals surface area contributed by atoms with E-state index in [0.717, 1.165) is 48.2 Å². The van der Waals surface area contributed by atoms with Gasteiger partial charge in [-0.25, -0.2) is 9.97 Å². The molecule has 3 aromatic rings. The van der Waals surface area contributed by atoms with Crippen molar-refractivity contribution < 1.29 is 9.53 Å². The van der Waals surface area contributed by atoms with Gasteiger partial charge in [-0.05, 0) is 57.9 Å². The molecule has 0 spiro atoms. The zero-order valence-corrected chi connectivity index (χ0v) is 20.4. The molecule has 2 aromatic heterocycles. The molecule has 2 heterocycles. The Labute approximate surface area is 203 Å². The molecule has 0 aliphatic heterocycles. The number of ether oxygens (including phenoxy) is 1. The summed E-state index contributed by atoms with van der Waals surface area (Å²) in [5.74, 6) is 0.815. The standard InChI is InChI=1S/C24H29N7O2S/c1-14-19(11-25)27-12-20-23(14)31-24(30-20)34-13-22(32)29-17-8-9-21(33-3)18(10-17)28-16-6-4-15(26-2)5-7-16/h8-10,12,15-16,26,28H,4-7,13H2,1-3H3,(H,29,32)(H,30,31). The molecule has 9 nitrogen and oxygen atoms in total. The number of methoxy groups -OCH3 is 1. The highest BCUT2D eigenvalue weighted by Gasteiger charge is 2.21. The lowest BCUT2D eigenvalue weighted by molar-refractivity contribution is -0.113. The first kappa shape index (κ1) is 23.9. The Morgan fingerprint density at radius 2 is 2.06 bits per heavy atom. The number of amides is 1. The van der Waals surface area contributed by atoms with Crippen molar-refractivity contribution in [2.75, 3.05) is 30.5 Å². The topological polar surface area (TPSA) is 128 Å². The number of thioether (sulfide) groups is 1. The molecule has 0 saturated heterocycles. The lowest BCUT2D eigenvalue weighted by Crippen LogP contribution is -2.35. The van der Waals surface area contributed by atoms with Gasteiger partial charge in [0.15, 0.2) is 5.16 Å². The van der Waals surface area contributed by atoms with E-state index < -0.39 is 0 Å². The minimum atomic E-state index is -0.135. The molecular formula is C24H29N7O2S. The van der Waals surface area contributed by atoms with E-state index in [-0.39, 0.29) is 11.7 Å². The fraction of sp³-hybridized carbons (Fsp3) is 0.417. The highest BCUT2D eigenvalue weighted by atomic mass is 32.2. The minimum Gasteiger partial charge on any atom is -0.495 e. The van der Waals surface area contributed by atoms with Crippen LogP contribution in [0.4, 0.5) is 11.4 Å². The number of nitrogens with one attached hydrogen (secondary N) is 4. The van der Waals surface area contributed by atoms with Crippen molar-refractivity contribution in [3.63, 3.8) is 0 Å². The number of hydrogen-bond donors (Lipinski definition) is 4. The number of carbonyl (C=O) groups excluding carboxylic acids is 1. The van der Waals surface area contributed by atoms with Crippen LogP contribution in [0, 0.1) is 18.3 Å². The van der Waals surface area contributed by atoms with Gasteiger partial charge in [0.1, 0.15) is 17.5 Å². The van der Waals surface area contributed by atoms with Crippen LogP contribution in [-0.4, -0.2) is 52.9 Å². The Hall–Kier alpha value is -3.29. The molecule has 1 amide bonds. The summed E-state index contributed by atoms with van der Waals surface area (Å²) in [6, 6.07) is 8.66. The highest BCUT2D eigenvalue weighted by Crippen LogP contribution is 2.31. The number of rotatable bonds is 8. The summed E-state index contributed by atoms with van der Waals surface area (Å²) in [6.45, 7) is 1.82. The normalized spacial score (nSPS) is 17.8. The number of aromatic nitrogens is 3. The first-order valence-corrected chi connectivity index (χ1v) is 12.3. The molecule has 1 fully saturated rings. The van der Waals surface area contributed by atoms with Gasteiger partial charge in [0.25, 0.3) is 0 Å². The number of anilines is 2. The average Bonchev–Trinajstić information content (AvgIpc) is 3.28. The molecule has 1 saturated carbocycles. The van der Waals surface area contributed by atoms with Gasteiger partial charge in [0.2, 0.25) is 5.91 Å². The first-order valence-electron chi connectivity index (χ1n) is 11.3. The van der Waals surface area contributed by atoms with Gasteiger partial charge in [-0.3, -0.25) is 4.79 Å². The molecule has 1 aromatic carbocycles. The maximum atomic E-state index is 12.6. The Balaban J connectivity index is 1.37. The number of H-pyrrole nitrogens is 1. The predicted octanol–water partition coefficient (Wildman–Crippen LogP) is 3.82. The zero-order valence-electron chi connectivity index (χ0n) is 19.6. The summed E-state index contributed by atoms with van der Waals surface area (Å²) in [6.07, 6.45) is 6.04. The van der Waals surface area contributed by atoms with Crippen LogP contribution < -0.4 is 20.7 Å². The van der Waals surface area contributed by atoms with Crippen LogP contribution in [0.3, 0.4) is 0 Å². The number of aryl methyl sites for hydroxylation is 1. The molecule has 34 heavy (non-hydrogen) atoms. The Bertz CT molecular complexity index is 1210. The number of imidazole rings is 1. The Morgan fingerprint density at radius 3 is 2.76 bits per heavy atom. The number of nitrogens with zero attached hydrogens (tertiary/aromatic N) is 3. The van der Waals surface area contributed by atoms with Crippen molar-refractivity contribution in [2.45, 2.75) is 49.8 Å². The van der Waals surface area contributed by atoms with Gasteiger partial charge in [-0.2, -0.15) is 5.26 Å². The second-order valence-corrected chi connectivity index (χ2v) is 9.35. The summed E-state index contributed by atoms with van der Waals surface area (Å²) in [5.41, 5.74) is 4.12. The summed E-state index contributed by atoms with van der Waals surface area (Å²) >= 11 is 1.30. The van der Waals surface area contributed by atoms with Crippen molar-refractivity contribution in [1.82, 2.24) is 20.3 Å². The number of benzene rings is 1. The van der Waals surface area contributed by atoms with Gasteiger partial charge in [-0.15, -0.1) is 0 Å². The van der Waals surface area contributed by atoms with Crippen LogP contribution in [0.5, 0.6) is 5.75 Å². The lowest BCUT2D eigenvalue weighted by Gasteiger charge is -2.30. The van der Waals surface area contributed by atoms with Gasteiger partial charge in [-0.1, -0.05) is 11.8 Å². The van der Waals surface area contributed by atoms with Crippen LogP contribution in [0.1, 0.15) is 36.9 Å². The van der Waals surface area contributed by atoms with Crippen LogP contribution >= 0.6 is 11.8 Å². The van der Waals surface area contributed by atoms with Crippen LogP contribution in [0.25, 0.3) is 11.0 Å². The van der Waals surface area contributed by atoms with Crippen LogP contribution in [0.2, 0.25) is 0 Å². The van der Waals surface area contributed by atoms with Gasteiger partial charge in [0.05, 0.1) is 35.8 Å². The molecule has 0 radical (unpaired) electrons. The second kappa shape index (κ2) is 10.8. The summed E-state index contributed by atoms with van der Waals surface area (Å²) in [4.78, 5) is 24.4. The van der Waals surface area contributed by atoms with Crippen molar-refractivity contribution in [2.24, 2.45) is 0 Å². The van der Waals surface area contributed by atoms with Crippen molar-refractivity contribution in [1.29, 1.82) is 5.26 Å². The summed E-state index contributed by atoms with van der Waals surface area (Å²) in [7, 11) is 3.67. The smallest absolute Gasteiger partial charge is 0.234 e. The van der Waals surface area contributed by atoms with E-state index in [1.54, 1.807) is 13.3 Å². The van der Waals surface area contributed by atoms with E-state index >= 15 is 0 Å². The third-order valence-corrected chi connectivity index (χ3v) is 7.04. The second-order valence-electron chi connectivity index (χ2n) is 8.38. The number of carbonyl (C=O) groups is 1. The van der Waals surface area contributed by atoms with Crippen LogP contribution in [-0.2, 0) is 4.79 Å². The van der Waals surface area contributed by atoms with E-state index in [4.69, 9.17) is 10.00 Å². The van der Waals surface area contributed by atoms with E-state index in [0.29, 0.717) is 34.1 Å². The van der Waals surface area contributed by atoms with Crippen molar-refractivity contribution in [3.8, 4) is 11.8 Å². The molecule has 0 atom stereocenters. The number of aromatic amines is 1. The molecular weight excluding hydrogens is 450 g/mol. The molecule has 1 aliphatic carbocycles. The SMILES string of the molecule is CNC1CCC(Nc2cc(NC(=O)CSc3nc4c(C)c(C#N)ncc4[nH]3)ccc2OC)CC1. The third-order valence-electron chi connectivity index (χ3n) is 6.17. The molecule has 4 N–H and O–H groups in total. The molecule has 178 valence electrons. The maximum Gasteiger partial charge on any atom is 0.234 e. The zero-order chi connectivity index (χ0) is 24.1. The van der Waals surface area contributed by atoms with Crippen LogP contribution in [0.15, 0.2) is 29.6 Å². The Morgan fingerprint density at radius 1 is 1.29 bits per heavy atom. The summed E-state index contributed by atoms with van der Waals surface area (Å²) in [5, 5.41) is 19.7. The van der Waals surface area contributed by atoms with E-state index in [9.17, 15) is 4.79 Å². The molecule has 4 rings (SSSR count). The number of nitriles is 1. The maximum absolute atomic E-state index is 12.6. The largest absolute Gasteiger partial charge is 0.495 e. The van der Waals surface area contributed by atoms with Crippen molar-refractivity contribution >= 4 is 40.1 Å². The summed E-state index contributed by atoms with van der Waals surface area (Å²) < 4.78 is 5.52. The highest BCUT2D eigenvalue weighted by molar-refractivity contribution is 7.99. The van der Waals surface area contributed by atoms with Gasteiger partial charge >= 0.3 is 0 Å². The van der Waals surface area contributed by atoms with E-state index in [2.05, 4.69) is 37.0 Å². The number of hydrogen-bond acceptors (Lipinski definition) is 8. The molecule has 0 bridgehead atoms. The molecule has 0 unspecified atom stereocenters.